The second-order valence-electron chi connectivity index (χ2n) is 7.25. The van der Waals surface area contributed by atoms with Gasteiger partial charge < -0.3 is 15.1 Å². The molecule has 1 heterocycles. The zero-order valence-electron chi connectivity index (χ0n) is 16.1. The van der Waals surface area contributed by atoms with Gasteiger partial charge in [-0.1, -0.05) is 56.9 Å². The molecule has 1 aliphatic heterocycles. The van der Waals surface area contributed by atoms with Gasteiger partial charge in [-0.15, -0.1) is 0 Å². The fraction of sp³-hybridized carbons (Fsp3) is 0.545. The van der Waals surface area contributed by atoms with E-state index in [-0.39, 0.29) is 17.5 Å². The minimum Gasteiger partial charge on any atom is -0.478 e. The van der Waals surface area contributed by atoms with E-state index in [4.69, 9.17) is 5.11 Å². The number of carboxylic acid groups (broad SMARTS) is 1. The smallest absolute Gasteiger partial charge is 0.335 e. The van der Waals surface area contributed by atoms with Crippen molar-refractivity contribution in [3.8, 4) is 0 Å². The standard InChI is InChI=1S/C22H31NO4/c1-2-3-4-5-6-20(24)13-11-19-12-14-21(25)23(19)16-15-17-7-9-18(10-8-17)22(26)27/h7-11,13,19-20,24H,2-6,12,14-16H2,1H3,(H,26,27). The van der Waals surface area contributed by atoms with E-state index in [1.165, 1.54) is 12.8 Å². The molecule has 5 nitrogen and oxygen atoms in total. The van der Waals surface area contributed by atoms with Crippen LogP contribution in [0.2, 0.25) is 0 Å². The number of nitrogens with zero attached hydrogens (tertiary/aromatic N) is 1. The molecule has 0 aromatic heterocycles. The lowest BCUT2D eigenvalue weighted by molar-refractivity contribution is -0.128. The number of amides is 1. The van der Waals surface area contributed by atoms with Crippen LogP contribution in [0.1, 0.15) is 67.8 Å². The summed E-state index contributed by atoms with van der Waals surface area (Å²) in [5.41, 5.74) is 1.28. The summed E-state index contributed by atoms with van der Waals surface area (Å²) in [6, 6.07) is 6.83. The minimum absolute atomic E-state index is 0.0427. The molecule has 0 saturated carbocycles. The van der Waals surface area contributed by atoms with Crippen molar-refractivity contribution >= 4 is 11.9 Å². The van der Waals surface area contributed by atoms with Gasteiger partial charge in [0.05, 0.1) is 17.7 Å². The first kappa shape index (κ1) is 21.2. The zero-order chi connectivity index (χ0) is 19.6. The van der Waals surface area contributed by atoms with Crippen LogP contribution in [0.5, 0.6) is 0 Å². The SMILES string of the molecule is CCCCCCC(O)C=CC1CCC(=O)N1CCc1ccc(C(=O)O)cc1. The van der Waals surface area contributed by atoms with Crippen molar-refractivity contribution in [2.75, 3.05) is 6.54 Å². The van der Waals surface area contributed by atoms with Crippen LogP contribution in [0.25, 0.3) is 0 Å². The predicted octanol–water partition coefficient (Wildman–Crippen LogP) is 3.81. The van der Waals surface area contributed by atoms with Crippen molar-refractivity contribution in [1.29, 1.82) is 0 Å². The van der Waals surface area contributed by atoms with E-state index in [2.05, 4.69) is 6.92 Å². The Morgan fingerprint density at radius 3 is 2.67 bits per heavy atom. The van der Waals surface area contributed by atoms with Crippen LogP contribution in [-0.4, -0.2) is 45.7 Å². The summed E-state index contributed by atoms with van der Waals surface area (Å²) < 4.78 is 0. The molecule has 1 amide bonds. The van der Waals surface area contributed by atoms with E-state index in [1.54, 1.807) is 24.3 Å². The van der Waals surface area contributed by atoms with Crippen LogP contribution < -0.4 is 0 Å². The number of aliphatic hydroxyl groups is 1. The number of hydrogen-bond donors (Lipinski definition) is 2. The van der Waals surface area contributed by atoms with E-state index >= 15 is 0 Å². The van der Waals surface area contributed by atoms with Gasteiger partial charge in [0, 0.05) is 13.0 Å². The van der Waals surface area contributed by atoms with Gasteiger partial charge in [-0.05, 0) is 37.0 Å². The van der Waals surface area contributed by atoms with Crippen LogP contribution in [0.15, 0.2) is 36.4 Å². The van der Waals surface area contributed by atoms with Crippen LogP contribution in [0.4, 0.5) is 0 Å². The first-order chi connectivity index (χ1) is 13.0. The number of benzene rings is 1. The number of likely N-dealkylation sites (tertiary alicyclic amines) is 1. The Bertz CT molecular complexity index is 638. The van der Waals surface area contributed by atoms with Gasteiger partial charge in [0.2, 0.25) is 5.91 Å². The van der Waals surface area contributed by atoms with E-state index in [0.717, 1.165) is 31.2 Å². The normalized spacial score (nSPS) is 18.4. The average molecular weight is 373 g/mol. The van der Waals surface area contributed by atoms with Crippen molar-refractivity contribution in [2.45, 2.75) is 70.4 Å². The monoisotopic (exact) mass is 373 g/mol. The van der Waals surface area contributed by atoms with Crippen LogP contribution in [0, 0.1) is 0 Å². The molecule has 2 unspecified atom stereocenters. The number of hydrogen-bond acceptors (Lipinski definition) is 3. The molecule has 0 aliphatic carbocycles. The number of carbonyl (C=O) groups is 2. The molecule has 1 fully saturated rings. The second kappa shape index (κ2) is 10.9. The molecule has 148 valence electrons. The maximum absolute atomic E-state index is 12.2. The molecule has 0 spiro atoms. The van der Waals surface area contributed by atoms with Gasteiger partial charge in [-0.2, -0.15) is 0 Å². The lowest BCUT2D eigenvalue weighted by atomic mass is 10.1. The Morgan fingerprint density at radius 1 is 1.26 bits per heavy atom. The summed E-state index contributed by atoms with van der Waals surface area (Å²) in [5.74, 6) is -0.793. The predicted molar refractivity (Wildman–Crippen MR) is 106 cm³/mol. The number of aliphatic hydroxyl groups excluding tert-OH is 1. The Kier molecular flexibility index (Phi) is 8.52. The largest absolute Gasteiger partial charge is 0.478 e. The highest BCUT2D eigenvalue weighted by molar-refractivity contribution is 5.87. The number of carbonyl (C=O) groups excluding carboxylic acids is 1. The summed E-state index contributed by atoms with van der Waals surface area (Å²) in [6.07, 6.45) is 10.7. The third-order valence-electron chi connectivity index (χ3n) is 5.13. The second-order valence-corrected chi connectivity index (χ2v) is 7.25. The van der Waals surface area contributed by atoms with Crippen molar-refractivity contribution in [1.82, 2.24) is 4.90 Å². The lowest BCUT2D eigenvalue weighted by Crippen LogP contribution is -2.33. The molecule has 1 saturated heterocycles. The van der Waals surface area contributed by atoms with Crippen molar-refractivity contribution in [2.24, 2.45) is 0 Å². The zero-order valence-corrected chi connectivity index (χ0v) is 16.1. The maximum atomic E-state index is 12.2. The van der Waals surface area contributed by atoms with Gasteiger partial charge in [0.1, 0.15) is 0 Å². The van der Waals surface area contributed by atoms with E-state index in [9.17, 15) is 14.7 Å². The number of aromatic carboxylic acids is 1. The summed E-state index contributed by atoms with van der Waals surface area (Å²) in [4.78, 5) is 25.0. The highest BCUT2D eigenvalue weighted by Crippen LogP contribution is 2.21. The van der Waals surface area contributed by atoms with Crippen molar-refractivity contribution in [3.63, 3.8) is 0 Å². The van der Waals surface area contributed by atoms with Gasteiger partial charge in [-0.25, -0.2) is 4.79 Å². The van der Waals surface area contributed by atoms with Crippen molar-refractivity contribution in [3.05, 3.63) is 47.5 Å². The highest BCUT2D eigenvalue weighted by Gasteiger charge is 2.28. The van der Waals surface area contributed by atoms with Gasteiger partial charge in [0.15, 0.2) is 0 Å². The first-order valence-electron chi connectivity index (χ1n) is 9.99. The van der Waals surface area contributed by atoms with Crippen LogP contribution in [0.3, 0.4) is 0 Å². The molecule has 2 atom stereocenters. The molecule has 27 heavy (non-hydrogen) atoms. The van der Waals surface area contributed by atoms with E-state index in [1.807, 2.05) is 17.1 Å². The Balaban J connectivity index is 1.84. The summed E-state index contributed by atoms with van der Waals surface area (Å²) >= 11 is 0. The van der Waals surface area contributed by atoms with Gasteiger partial charge in [0.25, 0.3) is 0 Å². The highest BCUT2D eigenvalue weighted by atomic mass is 16.4. The fourth-order valence-corrected chi connectivity index (χ4v) is 3.44. The summed E-state index contributed by atoms with van der Waals surface area (Å²) in [5, 5.41) is 19.1. The minimum atomic E-state index is -0.935. The topological polar surface area (TPSA) is 77.8 Å². The van der Waals surface area contributed by atoms with Crippen LogP contribution in [-0.2, 0) is 11.2 Å². The summed E-state index contributed by atoms with van der Waals surface area (Å²) in [6.45, 7) is 2.77. The molecule has 5 heteroatoms. The van der Waals surface area contributed by atoms with Gasteiger partial charge >= 0.3 is 5.97 Å². The maximum Gasteiger partial charge on any atom is 0.335 e. The molecule has 0 radical (unpaired) electrons. The molecular weight excluding hydrogens is 342 g/mol. The molecule has 2 N–H and O–H groups in total. The Labute approximate surface area is 161 Å². The van der Waals surface area contributed by atoms with E-state index < -0.39 is 12.1 Å². The average Bonchev–Trinajstić information content (AvgIpc) is 3.02. The van der Waals surface area contributed by atoms with Crippen LogP contribution >= 0.6 is 0 Å². The number of unbranched alkanes of at least 4 members (excludes halogenated alkanes) is 3. The number of carboxylic acids is 1. The lowest BCUT2D eigenvalue weighted by Gasteiger charge is -2.23. The third-order valence-corrected chi connectivity index (χ3v) is 5.13. The molecule has 1 aliphatic rings. The first-order valence-corrected chi connectivity index (χ1v) is 9.99. The molecule has 1 aromatic rings. The molecule has 0 bridgehead atoms. The van der Waals surface area contributed by atoms with Gasteiger partial charge in [-0.3, -0.25) is 4.79 Å². The Morgan fingerprint density at radius 2 is 2.00 bits per heavy atom. The van der Waals surface area contributed by atoms with Crippen molar-refractivity contribution < 1.29 is 19.8 Å². The quantitative estimate of drug-likeness (QED) is 0.457. The molecule has 1 aromatic carbocycles. The Hall–Kier alpha value is -2.14. The van der Waals surface area contributed by atoms with E-state index in [0.29, 0.717) is 19.4 Å². The fourth-order valence-electron chi connectivity index (χ4n) is 3.44. The summed E-state index contributed by atoms with van der Waals surface area (Å²) in [7, 11) is 0. The third kappa shape index (κ3) is 6.83. The number of rotatable bonds is 11. The molecular formula is C22H31NO4. The molecule has 2 rings (SSSR count).